The number of hydroxylamine groups is 2. The molecule has 3 rings (SSSR count). The van der Waals surface area contributed by atoms with Crippen molar-refractivity contribution in [2.24, 2.45) is 0 Å². The minimum absolute atomic E-state index is 0.0731. The highest BCUT2D eigenvalue weighted by atomic mass is 32.2. The molecule has 12 nitrogen and oxygen atoms in total. The largest absolute Gasteiger partial charge is 0.480 e. The van der Waals surface area contributed by atoms with Crippen LogP contribution in [0.3, 0.4) is 0 Å². The zero-order valence-electron chi connectivity index (χ0n) is 14.4. The standard InChI is InChI=1S/C14H19N3O9S2/c18-10-4-9(28(24,25)26)12(19)16(10)6(13(20)21)2-1-3-8-11-7(5-27-8)17(23)14(22)15-11/h6-9,11,23H,1-5H2,(H,15,22)(H,20,21)(H,24,25,26)/t6?,7-,8-,9?,11-/m0/s1. The summed E-state index contributed by atoms with van der Waals surface area (Å²) in [6, 6.07) is -2.78. The lowest BCUT2D eigenvalue weighted by molar-refractivity contribution is -0.154. The molecule has 3 aliphatic heterocycles. The number of hydrogen-bond donors (Lipinski definition) is 4. The topological polar surface area (TPSA) is 182 Å². The number of aliphatic carboxylic acids is 1. The van der Waals surface area contributed by atoms with Gasteiger partial charge in [0.15, 0.2) is 5.25 Å². The molecule has 3 fully saturated rings. The fourth-order valence-corrected chi connectivity index (χ4v) is 6.07. The smallest absolute Gasteiger partial charge is 0.341 e. The van der Waals surface area contributed by atoms with Gasteiger partial charge in [0.1, 0.15) is 6.04 Å². The fourth-order valence-electron chi connectivity index (χ4n) is 3.77. The summed E-state index contributed by atoms with van der Waals surface area (Å²) in [5, 5.41) is 20.3. The first-order chi connectivity index (χ1) is 13.0. The molecule has 4 N–H and O–H groups in total. The van der Waals surface area contributed by atoms with Gasteiger partial charge in [0, 0.05) is 11.0 Å². The molecule has 3 saturated heterocycles. The van der Waals surface area contributed by atoms with E-state index in [4.69, 9.17) is 4.55 Å². The van der Waals surface area contributed by atoms with Crippen molar-refractivity contribution in [3.8, 4) is 0 Å². The summed E-state index contributed by atoms with van der Waals surface area (Å²) in [6.45, 7) is 0. The summed E-state index contributed by atoms with van der Waals surface area (Å²) >= 11 is 1.51. The molecule has 5 atom stereocenters. The molecule has 0 aromatic carbocycles. The number of fused-ring (bicyclic) bond motifs is 1. The van der Waals surface area contributed by atoms with Crippen LogP contribution in [-0.4, -0.2) is 91.4 Å². The van der Waals surface area contributed by atoms with Gasteiger partial charge in [-0.3, -0.25) is 24.2 Å². The van der Waals surface area contributed by atoms with Crippen LogP contribution in [0, 0.1) is 0 Å². The fraction of sp³-hybridized carbons (Fsp3) is 0.714. The van der Waals surface area contributed by atoms with Crippen LogP contribution in [0.4, 0.5) is 4.79 Å². The van der Waals surface area contributed by atoms with Crippen molar-refractivity contribution < 1.29 is 42.5 Å². The van der Waals surface area contributed by atoms with Gasteiger partial charge in [-0.05, 0) is 19.3 Å². The number of carbonyl (C=O) groups is 4. The number of carbonyl (C=O) groups excluding carboxylic acids is 3. The number of likely N-dealkylation sites (tertiary alicyclic amines) is 1. The molecule has 0 radical (unpaired) electrons. The van der Waals surface area contributed by atoms with E-state index in [9.17, 15) is 37.9 Å². The highest BCUT2D eigenvalue weighted by molar-refractivity contribution is 8.00. The third kappa shape index (κ3) is 3.68. The van der Waals surface area contributed by atoms with E-state index in [0.717, 1.165) is 0 Å². The van der Waals surface area contributed by atoms with Crippen molar-refractivity contribution in [1.29, 1.82) is 0 Å². The Kier molecular flexibility index (Phi) is 5.58. The number of carboxylic acids is 1. The summed E-state index contributed by atoms with van der Waals surface area (Å²) < 4.78 is 31.5. The maximum Gasteiger partial charge on any atom is 0.341 e. The molecule has 2 unspecified atom stereocenters. The maximum absolute atomic E-state index is 12.2. The summed E-state index contributed by atoms with van der Waals surface area (Å²) in [4.78, 5) is 47.6. The van der Waals surface area contributed by atoms with Crippen molar-refractivity contribution in [1.82, 2.24) is 15.3 Å². The Balaban J connectivity index is 1.62. The Labute approximate surface area is 163 Å². The van der Waals surface area contributed by atoms with Gasteiger partial charge in [0.2, 0.25) is 5.91 Å². The zero-order valence-corrected chi connectivity index (χ0v) is 16.1. The molecule has 3 aliphatic rings. The van der Waals surface area contributed by atoms with Gasteiger partial charge in [0.25, 0.3) is 16.0 Å². The van der Waals surface area contributed by atoms with Crippen molar-refractivity contribution >= 4 is 45.7 Å². The highest BCUT2D eigenvalue weighted by Crippen LogP contribution is 2.36. The molecule has 0 saturated carbocycles. The Morgan fingerprint density at radius 3 is 2.57 bits per heavy atom. The first kappa shape index (κ1) is 20.8. The number of amides is 4. The lowest BCUT2D eigenvalue weighted by atomic mass is 10.0. The van der Waals surface area contributed by atoms with Gasteiger partial charge in [-0.25, -0.2) is 14.7 Å². The Morgan fingerprint density at radius 1 is 1.32 bits per heavy atom. The number of carboxylic acid groups (broad SMARTS) is 1. The number of imide groups is 1. The summed E-state index contributed by atoms with van der Waals surface area (Å²) in [5.41, 5.74) is 0. The van der Waals surface area contributed by atoms with Gasteiger partial charge in [-0.2, -0.15) is 20.2 Å². The second-order valence-electron chi connectivity index (χ2n) is 6.85. The number of thioether (sulfide) groups is 1. The lowest BCUT2D eigenvalue weighted by Crippen LogP contribution is -2.46. The summed E-state index contributed by atoms with van der Waals surface area (Å²) in [6.07, 6.45) is -0.146. The monoisotopic (exact) mass is 437 g/mol. The molecule has 0 aliphatic carbocycles. The second kappa shape index (κ2) is 7.50. The molecule has 0 aromatic rings. The van der Waals surface area contributed by atoms with Crippen molar-refractivity contribution in [2.75, 3.05) is 5.75 Å². The van der Waals surface area contributed by atoms with E-state index >= 15 is 0 Å². The number of urea groups is 1. The van der Waals surface area contributed by atoms with Crippen LogP contribution >= 0.6 is 11.8 Å². The van der Waals surface area contributed by atoms with Crippen LogP contribution in [0.1, 0.15) is 25.7 Å². The molecule has 14 heteroatoms. The van der Waals surface area contributed by atoms with E-state index in [0.29, 0.717) is 22.1 Å². The van der Waals surface area contributed by atoms with Crippen LogP contribution in [-0.2, 0) is 24.5 Å². The molecule has 4 amide bonds. The molecule has 156 valence electrons. The van der Waals surface area contributed by atoms with Crippen molar-refractivity contribution in [3.63, 3.8) is 0 Å². The lowest BCUT2D eigenvalue weighted by Gasteiger charge is -2.24. The van der Waals surface area contributed by atoms with Gasteiger partial charge in [-0.15, -0.1) is 0 Å². The van der Waals surface area contributed by atoms with Crippen molar-refractivity contribution in [3.05, 3.63) is 0 Å². The Bertz CT molecular complexity index is 817. The zero-order chi connectivity index (χ0) is 20.8. The SMILES string of the molecule is O=C(O)C(CCC[C@@H]1SC[C@H]2[C@@H]1NC(=O)N2O)N1C(=O)CC(S(=O)(=O)O)C1=O. The molecule has 0 spiro atoms. The summed E-state index contributed by atoms with van der Waals surface area (Å²) in [7, 11) is -4.81. The average molecular weight is 437 g/mol. The molecule has 0 aromatic heterocycles. The van der Waals surface area contributed by atoms with Crippen LogP contribution < -0.4 is 5.32 Å². The molecular formula is C14H19N3O9S2. The van der Waals surface area contributed by atoms with Crippen LogP contribution in [0.5, 0.6) is 0 Å². The Hall–Kier alpha value is -1.90. The van der Waals surface area contributed by atoms with E-state index in [2.05, 4.69) is 5.32 Å². The highest BCUT2D eigenvalue weighted by Gasteiger charge is 2.51. The van der Waals surface area contributed by atoms with Gasteiger partial charge in [0.05, 0.1) is 18.5 Å². The van der Waals surface area contributed by atoms with E-state index in [1.807, 2.05) is 0 Å². The van der Waals surface area contributed by atoms with E-state index in [1.54, 1.807) is 0 Å². The Morgan fingerprint density at radius 2 is 2.00 bits per heavy atom. The predicted molar refractivity (Wildman–Crippen MR) is 93.1 cm³/mol. The van der Waals surface area contributed by atoms with Gasteiger partial charge < -0.3 is 10.4 Å². The van der Waals surface area contributed by atoms with E-state index in [1.165, 1.54) is 11.8 Å². The minimum atomic E-state index is -4.81. The minimum Gasteiger partial charge on any atom is -0.480 e. The number of nitrogens with zero attached hydrogens (tertiary/aromatic N) is 2. The molecule has 3 heterocycles. The van der Waals surface area contributed by atoms with Crippen LogP contribution in [0.25, 0.3) is 0 Å². The number of rotatable bonds is 7. The number of nitrogens with one attached hydrogen (secondary N) is 1. The first-order valence-corrected chi connectivity index (χ1v) is 11.0. The second-order valence-corrected chi connectivity index (χ2v) is 9.72. The molecule has 28 heavy (non-hydrogen) atoms. The normalized spacial score (nSPS) is 31.3. The van der Waals surface area contributed by atoms with Gasteiger partial charge in [-0.1, -0.05) is 0 Å². The third-order valence-electron chi connectivity index (χ3n) is 5.17. The van der Waals surface area contributed by atoms with Crippen LogP contribution in [0.2, 0.25) is 0 Å². The maximum atomic E-state index is 12.2. The predicted octanol–water partition coefficient (Wildman–Crippen LogP) is -1.11. The quantitative estimate of drug-likeness (QED) is 0.165. The average Bonchev–Trinajstić information content (AvgIpc) is 3.20. The van der Waals surface area contributed by atoms with E-state index < -0.39 is 51.6 Å². The van der Waals surface area contributed by atoms with E-state index in [-0.39, 0.29) is 30.2 Å². The third-order valence-corrected chi connectivity index (χ3v) is 7.75. The van der Waals surface area contributed by atoms with Gasteiger partial charge >= 0.3 is 12.0 Å². The van der Waals surface area contributed by atoms with Crippen molar-refractivity contribution in [2.45, 2.75) is 54.3 Å². The molecular weight excluding hydrogens is 418 g/mol. The first-order valence-electron chi connectivity index (χ1n) is 8.47. The van der Waals surface area contributed by atoms with Crippen LogP contribution in [0.15, 0.2) is 0 Å². The summed E-state index contributed by atoms with van der Waals surface area (Å²) in [5.74, 6) is -3.14. The number of hydrogen-bond acceptors (Lipinski definition) is 8. The molecule has 0 bridgehead atoms.